The van der Waals surface area contributed by atoms with Crippen LogP contribution in [-0.2, 0) is 19.6 Å². The Labute approximate surface area is 224 Å². The van der Waals surface area contributed by atoms with Crippen molar-refractivity contribution in [1.29, 1.82) is 0 Å². The van der Waals surface area contributed by atoms with E-state index in [1.54, 1.807) is 0 Å². The minimum Gasteiger partial charge on any atom is -0.489 e. The van der Waals surface area contributed by atoms with Gasteiger partial charge in [-0.25, -0.2) is 4.39 Å². The van der Waals surface area contributed by atoms with E-state index in [4.69, 9.17) is 4.74 Å². The highest BCUT2D eigenvalue weighted by Gasteiger charge is 2.21. The van der Waals surface area contributed by atoms with E-state index >= 15 is 4.39 Å². The van der Waals surface area contributed by atoms with E-state index < -0.39 is 0 Å². The van der Waals surface area contributed by atoms with Crippen molar-refractivity contribution in [2.24, 2.45) is 0 Å². The zero-order valence-electron chi connectivity index (χ0n) is 22.2. The van der Waals surface area contributed by atoms with Crippen molar-refractivity contribution in [1.82, 2.24) is 9.88 Å². The van der Waals surface area contributed by atoms with Crippen LogP contribution in [0.2, 0.25) is 0 Å². The molecule has 194 valence electrons. The maximum atomic E-state index is 16.2. The van der Waals surface area contributed by atoms with Crippen molar-refractivity contribution in [2.45, 2.75) is 39.8 Å². The number of benzene rings is 4. The molecule has 0 saturated carbocycles. The van der Waals surface area contributed by atoms with Crippen LogP contribution in [0.25, 0.3) is 22.2 Å². The number of hydrogen-bond donors (Lipinski definition) is 1. The smallest absolute Gasteiger partial charge is 0.156 e. The summed E-state index contributed by atoms with van der Waals surface area (Å²) in [6, 6.07) is 32.5. The average molecular weight is 507 g/mol. The van der Waals surface area contributed by atoms with E-state index in [9.17, 15) is 0 Å². The average Bonchev–Trinajstić information content (AvgIpc) is 3.22. The molecule has 1 heterocycles. The topological polar surface area (TPSA) is 26.2 Å². The first-order chi connectivity index (χ1) is 18.6. The standard InChI is InChI=1S/C34H35FN2O/c1-3-20-36-21-19-26-13-15-27(16-14-26)23-37-32-18-17-29(38-24-28-10-5-4-6-11-28)22-31(32)33(35)34(37)30-12-8-7-9-25(30)2/h4-18,22,36H,3,19-21,23-24H2,1-2H3. The number of fused-ring (bicyclic) bond motifs is 1. The number of aryl methyl sites for hydroxylation is 1. The molecule has 0 spiro atoms. The first-order valence-corrected chi connectivity index (χ1v) is 13.5. The molecule has 0 aliphatic rings. The van der Waals surface area contributed by atoms with Crippen molar-refractivity contribution >= 4 is 10.9 Å². The monoisotopic (exact) mass is 506 g/mol. The lowest BCUT2D eigenvalue weighted by Gasteiger charge is -2.14. The molecule has 1 N–H and O–H groups in total. The maximum Gasteiger partial charge on any atom is 0.156 e. The Balaban J connectivity index is 1.47. The summed E-state index contributed by atoms with van der Waals surface area (Å²) < 4.78 is 24.3. The summed E-state index contributed by atoms with van der Waals surface area (Å²) in [6.07, 6.45) is 2.14. The molecule has 0 aliphatic heterocycles. The molecule has 5 aromatic rings. The maximum absolute atomic E-state index is 16.2. The van der Waals surface area contributed by atoms with E-state index in [1.165, 1.54) is 5.56 Å². The van der Waals surface area contributed by atoms with Gasteiger partial charge >= 0.3 is 0 Å². The molecule has 1 aromatic heterocycles. The molecule has 0 fully saturated rings. The van der Waals surface area contributed by atoms with Crippen LogP contribution >= 0.6 is 0 Å². The van der Waals surface area contributed by atoms with E-state index in [0.717, 1.165) is 53.7 Å². The summed E-state index contributed by atoms with van der Waals surface area (Å²) in [4.78, 5) is 0. The van der Waals surface area contributed by atoms with Gasteiger partial charge in [0.25, 0.3) is 0 Å². The third kappa shape index (κ3) is 5.81. The first kappa shape index (κ1) is 25.7. The first-order valence-electron chi connectivity index (χ1n) is 13.5. The molecule has 0 amide bonds. The zero-order valence-corrected chi connectivity index (χ0v) is 22.2. The van der Waals surface area contributed by atoms with Gasteiger partial charge in [0.05, 0.1) is 11.2 Å². The van der Waals surface area contributed by atoms with Crippen molar-refractivity contribution in [2.75, 3.05) is 13.1 Å². The Morgan fingerprint density at radius 3 is 2.29 bits per heavy atom. The van der Waals surface area contributed by atoms with Crippen LogP contribution in [0, 0.1) is 12.7 Å². The molecule has 0 saturated heterocycles. The Morgan fingerprint density at radius 2 is 1.53 bits per heavy atom. The number of nitrogens with zero attached hydrogens (tertiary/aromatic N) is 1. The number of halogens is 1. The van der Waals surface area contributed by atoms with Crippen molar-refractivity contribution in [3.63, 3.8) is 0 Å². The highest BCUT2D eigenvalue weighted by atomic mass is 19.1. The van der Waals surface area contributed by atoms with Gasteiger partial charge in [0.2, 0.25) is 0 Å². The molecule has 5 rings (SSSR count). The molecular weight excluding hydrogens is 471 g/mol. The van der Waals surface area contributed by atoms with Crippen LogP contribution in [-0.4, -0.2) is 17.7 Å². The van der Waals surface area contributed by atoms with Crippen LogP contribution in [0.1, 0.15) is 35.6 Å². The quantitative estimate of drug-likeness (QED) is 0.184. The lowest BCUT2D eigenvalue weighted by molar-refractivity contribution is 0.306. The molecule has 4 heteroatoms. The molecule has 4 aromatic carbocycles. The number of nitrogens with one attached hydrogen (secondary N) is 1. The predicted molar refractivity (Wildman–Crippen MR) is 155 cm³/mol. The lowest BCUT2D eigenvalue weighted by Crippen LogP contribution is -2.17. The van der Waals surface area contributed by atoms with Gasteiger partial charge in [-0.1, -0.05) is 85.8 Å². The molecule has 0 unspecified atom stereocenters. The molecule has 0 atom stereocenters. The third-order valence-corrected chi connectivity index (χ3v) is 7.00. The zero-order chi connectivity index (χ0) is 26.3. The Bertz CT molecular complexity index is 1490. The summed E-state index contributed by atoms with van der Waals surface area (Å²) in [7, 11) is 0. The van der Waals surface area contributed by atoms with Gasteiger partial charge in [-0.3, -0.25) is 0 Å². The van der Waals surface area contributed by atoms with Crippen LogP contribution in [0.15, 0.2) is 97.1 Å². The summed E-state index contributed by atoms with van der Waals surface area (Å²) in [5.41, 5.74) is 6.96. The third-order valence-electron chi connectivity index (χ3n) is 7.00. The second kappa shape index (κ2) is 12.1. The highest BCUT2D eigenvalue weighted by Crippen LogP contribution is 2.36. The van der Waals surface area contributed by atoms with Gasteiger partial charge in [-0.05, 0) is 73.3 Å². The normalized spacial score (nSPS) is 11.2. The molecule has 38 heavy (non-hydrogen) atoms. The molecule has 0 radical (unpaired) electrons. The molecule has 0 aliphatic carbocycles. The van der Waals surface area contributed by atoms with Gasteiger partial charge in [0.1, 0.15) is 12.4 Å². The minimum atomic E-state index is -0.210. The van der Waals surface area contributed by atoms with Crippen molar-refractivity contribution in [3.05, 3.63) is 125 Å². The fourth-order valence-electron chi connectivity index (χ4n) is 4.92. The second-order valence-corrected chi connectivity index (χ2v) is 9.83. The number of aromatic nitrogens is 1. The van der Waals surface area contributed by atoms with Crippen molar-refractivity contribution < 1.29 is 9.13 Å². The molecule has 3 nitrogen and oxygen atoms in total. The Kier molecular flexibility index (Phi) is 8.20. The SMILES string of the molecule is CCCNCCc1ccc(Cn2c(-c3ccccc3C)c(F)c3cc(OCc4ccccc4)ccc32)cc1. The van der Waals surface area contributed by atoms with Crippen LogP contribution in [0.4, 0.5) is 4.39 Å². The predicted octanol–water partition coefficient (Wildman–Crippen LogP) is 7.93. The van der Waals surface area contributed by atoms with Gasteiger partial charge in [0.15, 0.2) is 5.82 Å². The molecule has 0 bridgehead atoms. The Hall–Kier alpha value is -3.89. The van der Waals surface area contributed by atoms with Gasteiger partial charge in [-0.2, -0.15) is 0 Å². The van der Waals surface area contributed by atoms with Gasteiger partial charge < -0.3 is 14.6 Å². The van der Waals surface area contributed by atoms with Crippen LogP contribution < -0.4 is 10.1 Å². The summed E-state index contributed by atoms with van der Waals surface area (Å²) in [5.74, 6) is 0.452. The summed E-state index contributed by atoms with van der Waals surface area (Å²) >= 11 is 0. The van der Waals surface area contributed by atoms with E-state index in [0.29, 0.717) is 30.0 Å². The Morgan fingerprint density at radius 1 is 0.789 bits per heavy atom. The fraction of sp³-hybridized carbons (Fsp3) is 0.235. The summed E-state index contributed by atoms with van der Waals surface area (Å²) in [5, 5.41) is 4.03. The van der Waals surface area contributed by atoms with E-state index in [1.807, 2.05) is 79.7 Å². The van der Waals surface area contributed by atoms with Gasteiger partial charge in [-0.15, -0.1) is 0 Å². The van der Waals surface area contributed by atoms with Crippen molar-refractivity contribution in [3.8, 4) is 17.0 Å². The largest absolute Gasteiger partial charge is 0.489 e. The number of rotatable bonds is 11. The lowest BCUT2D eigenvalue weighted by atomic mass is 10.0. The second-order valence-electron chi connectivity index (χ2n) is 9.83. The molecular formula is C34H35FN2O. The van der Waals surface area contributed by atoms with Crippen LogP contribution in [0.3, 0.4) is 0 Å². The van der Waals surface area contributed by atoms with E-state index in [2.05, 4.69) is 41.1 Å². The number of hydrogen-bond acceptors (Lipinski definition) is 2. The highest BCUT2D eigenvalue weighted by molar-refractivity contribution is 5.89. The van der Waals surface area contributed by atoms with E-state index in [-0.39, 0.29) is 5.82 Å². The fourth-order valence-corrected chi connectivity index (χ4v) is 4.92. The van der Waals surface area contributed by atoms with Crippen LogP contribution in [0.5, 0.6) is 5.75 Å². The number of ether oxygens (including phenoxy) is 1. The minimum absolute atomic E-state index is 0.210. The van der Waals surface area contributed by atoms with Gasteiger partial charge in [0, 0.05) is 17.5 Å². The summed E-state index contributed by atoms with van der Waals surface area (Å²) in [6.45, 7) is 7.27.